The lowest BCUT2D eigenvalue weighted by atomic mass is 10.0. The number of aliphatic hydroxyl groups excluding tert-OH is 3. The third-order valence-corrected chi connectivity index (χ3v) is 6.10. The summed E-state index contributed by atoms with van der Waals surface area (Å²) in [6, 6.07) is 25.4. The molecule has 0 amide bonds. The smallest absolute Gasteiger partial charge is 0.164 e. The Labute approximate surface area is 223 Å². The second kappa shape index (κ2) is 13.2. The predicted molar refractivity (Wildman–Crippen MR) is 141 cm³/mol. The lowest BCUT2D eigenvalue weighted by molar-refractivity contribution is -0.164. The van der Waals surface area contributed by atoms with Crippen LogP contribution in [0.4, 0.5) is 0 Å². The van der Waals surface area contributed by atoms with Crippen molar-refractivity contribution >= 4 is 0 Å². The van der Waals surface area contributed by atoms with Crippen molar-refractivity contribution in [2.45, 2.75) is 63.9 Å². The minimum absolute atomic E-state index is 0.0614. The Morgan fingerprint density at radius 2 is 1.21 bits per heavy atom. The van der Waals surface area contributed by atoms with E-state index in [1.807, 2.05) is 78.9 Å². The molecule has 4 rings (SSSR count). The van der Waals surface area contributed by atoms with Crippen molar-refractivity contribution in [2.75, 3.05) is 13.2 Å². The zero-order chi connectivity index (χ0) is 27.0. The molecule has 38 heavy (non-hydrogen) atoms. The first-order chi connectivity index (χ1) is 18.3. The maximum Gasteiger partial charge on any atom is 0.164 e. The summed E-state index contributed by atoms with van der Waals surface area (Å²) in [5, 5.41) is 30.2. The summed E-state index contributed by atoms with van der Waals surface area (Å²) in [6.45, 7) is 3.82. The average molecular weight is 525 g/mol. The summed E-state index contributed by atoms with van der Waals surface area (Å²) in [7, 11) is 0. The summed E-state index contributed by atoms with van der Waals surface area (Å²) < 4.78 is 29.3. The molecular formula is C30H36O8. The standard InChI is InChI=1S/C30H36O8/c1-30(2)37-28(26(32)16-31)29(38-30)27(33)20-34-17-23-13-24(35-18-21-9-5-3-6-10-21)15-25(14-23)36-19-22-11-7-4-8-12-22/h3-15,26-29,31-33H,16-20H2,1-2H3/t26-,27-,28-,29-/m1/s1. The normalized spacial score (nSPS) is 20.1. The third-order valence-electron chi connectivity index (χ3n) is 6.10. The van der Waals surface area contributed by atoms with Gasteiger partial charge in [-0.2, -0.15) is 0 Å². The van der Waals surface area contributed by atoms with Gasteiger partial charge >= 0.3 is 0 Å². The molecule has 1 aliphatic rings. The van der Waals surface area contributed by atoms with E-state index in [2.05, 4.69) is 0 Å². The SMILES string of the molecule is CC1(C)O[C@H]([C@H](O)CO)[C@@H]([C@H](O)COCc2cc(OCc3ccccc3)cc(OCc3ccccc3)c2)O1. The summed E-state index contributed by atoms with van der Waals surface area (Å²) in [5.41, 5.74) is 2.90. The highest BCUT2D eigenvalue weighted by atomic mass is 16.8. The highest BCUT2D eigenvalue weighted by Gasteiger charge is 2.47. The van der Waals surface area contributed by atoms with Crippen LogP contribution in [0.1, 0.15) is 30.5 Å². The molecule has 1 saturated heterocycles. The van der Waals surface area contributed by atoms with Gasteiger partial charge in [-0.1, -0.05) is 60.7 Å². The molecule has 0 saturated carbocycles. The fourth-order valence-electron chi connectivity index (χ4n) is 4.27. The molecule has 8 heteroatoms. The fourth-order valence-corrected chi connectivity index (χ4v) is 4.27. The van der Waals surface area contributed by atoms with Crippen LogP contribution in [0.3, 0.4) is 0 Å². The molecule has 1 heterocycles. The molecule has 0 bridgehead atoms. The van der Waals surface area contributed by atoms with Gasteiger partial charge in [-0.3, -0.25) is 0 Å². The Hall–Kier alpha value is -2.98. The van der Waals surface area contributed by atoms with Gasteiger partial charge in [-0.25, -0.2) is 0 Å². The summed E-state index contributed by atoms with van der Waals surface area (Å²) in [5.74, 6) is 0.278. The molecule has 8 nitrogen and oxygen atoms in total. The summed E-state index contributed by atoms with van der Waals surface area (Å²) in [6.07, 6.45) is -3.98. The van der Waals surface area contributed by atoms with E-state index >= 15 is 0 Å². The van der Waals surface area contributed by atoms with Gasteiger partial charge in [0.25, 0.3) is 0 Å². The highest BCUT2D eigenvalue weighted by Crippen LogP contribution is 2.32. The van der Waals surface area contributed by atoms with Gasteiger partial charge in [0, 0.05) is 6.07 Å². The molecule has 1 aliphatic heterocycles. The first-order valence-corrected chi connectivity index (χ1v) is 12.7. The highest BCUT2D eigenvalue weighted by molar-refractivity contribution is 5.38. The van der Waals surface area contributed by atoms with E-state index < -0.39 is 36.8 Å². The Kier molecular flexibility index (Phi) is 9.74. The fraction of sp³-hybridized carbons (Fsp3) is 0.400. The quantitative estimate of drug-likeness (QED) is 0.312. The number of rotatable bonds is 13. The zero-order valence-electron chi connectivity index (χ0n) is 21.7. The molecule has 3 N–H and O–H groups in total. The molecule has 3 aromatic rings. The van der Waals surface area contributed by atoms with Gasteiger partial charge in [-0.15, -0.1) is 0 Å². The number of benzene rings is 3. The van der Waals surface area contributed by atoms with E-state index in [1.165, 1.54) is 0 Å². The molecule has 0 unspecified atom stereocenters. The van der Waals surface area contributed by atoms with Gasteiger partial charge in [0.05, 0.1) is 19.8 Å². The molecule has 0 aliphatic carbocycles. The van der Waals surface area contributed by atoms with Crippen LogP contribution in [-0.4, -0.2) is 58.7 Å². The van der Waals surface area contributed by atoms with Crippen molar-refractivity contribution in [3.05, 3.63) is 95.6 Å². The predicted octanol–water partition coefficient (Wildman–Crippen LogP) is 3.60. The molecular weight excluding hydrogens is 488 g/mol. The van der Waals surface area contributed by atoms with Crippen LogP contribution in [0.5, 0.6) is 11.5 Å². The van der Waals surface area contributed by atoms with Crippen molar-refractivity contribution in [1.82, 2.24) is 0 Å². The third kappa shape index (κ3) is 8.01. The molecule has 0 spiro atoms. The van der Waals surface area contributed by atoms with E-state index in [9.17, 15) is 15.3 Å². The second-order valence-electron chi connectivity index (χ2n) is 9.76. The molecule has 0 radical (unpaired) electrons. The maximum absolute atomic E-state index is 10.7. The molecule has 1 fully saturated rings. The van der Waals surface area contributed by atoms with E-state index in [0.717, 1.165) is 16.7 Å². The van der Waals surface area contributed by atoms with Gasteiger partial charge < -0.3 is 39.0 Å². The van der Waals surface area contributed by atoms with E-state index in [0.29, 0.717) is 24.7 Å². The van der Waals surface area contributed by atoms with Crippen LogP contribution in [-0.2, 0) is 34.0 Å². The van der Waals surface area contributed by atoms with Crippen LogP contribution >= 0.6 is 0 Å². The van der Waals surface area contributed by atoms with Crippen LogP contribution in [0, 0.1) is 0 Å². The Morgan fingerprint density at radius 3 is 1.71 bits per heavy atom. The van der Waals surface area contributed by atoms with Crippen molar-refractivity contribution < 1.29 is 39.0 Å². The summed E-state index contributed by atoms with van der Waals surface area (Å²) in [4.78, 5) is 0. The second-order valence-corrected chi connectivity index (χ2v) is 9.76. The van der Waals surface area contributed by atoms with E-state index in [4.69, 9.17) is 23.7 Å². The van der Waals surface area contributed by atoms with E-state index in [-0.39, 0.29) is 13.2 Å². The zero-order valence-corrected chi connectivity index (χ0v) is 21.7. The van der Waals surface area contributed by atoms with E-state index in [1.54, 1.807) is 13.8 Å². The number of ether oxygens (including phenoxy) is 5. The lowest BCUT2D eigenvalue weighted by Crippen LogP contribution is -2.45. The minimum Gasteiger partial charge on any atom is -0.489 e. The van der Waals surface area contributed by atoms with Gasteiger partial charge in [0.2, 0.25) is 0 Å². The molecule has 0 aromatic heterocycles. The molecule has 3 aromatic carbocycles. The maximum atomic E-state index is 10.7. The van der Waals surface area contributed by atoms with Gasteiger partial charge in [0.1, 0.15) is 49.1 Å². The van der Waals surface area contributed by atoms with Crippen molar-refractivity contribution in [2.24, 2.45) is 0 Å². The monoisotopic (exact) mass is 524 g/mol. The van der Waals surface area contributed by atoms with Crippen molar-refractivity contribution in [1.29, 1.82) is 0 Å². The molecule has 4 atom stereocenters. The summed E-state index contributed by atoms with van der Waals surface area (Å²) >= 11 is 0. The number of hydrogen-bond acceptors (Lipinski definition) is 8. The largest absolute Gasteiger partial charge is 0.489 e. The minimum atomic E-state index is -1.18. The Bertz CT molecular complexity index is 1060. The van der Waals surface area contributed by atoms with Crippen LogP contribution in [0.25, 0.3) is 0 Å². The molecule has 204 valence electrons. The first kappa shape index (κ1) is 28.0. The number of hydrogen-bond donors (Lipinski definition) is 3. The Morgan fingerprint density at radius 1 is 0.711 bits per heavy atom. The number of aliphatic hydroxyl groups is 3. The van der Waals surface area contributed by atoms with Crippen molar-refractivity contribution in [3.63, 3.8) is 0 Å². The van der Waals surface area contributed by atoms with Gasteiger partial charge in [0.15, 0.2) is 5.79 Å². The van der Waals surface area contributed by atoms with Crippen LogP contribution < -0.4 is 9.47 Å². The van der Waals surface area contributed by atoms with Crippen LogP contribution in [0.2, 0.25) is 0 Å². The lowest BCUT2D eigenvalue weighted by Gasteiger charge is -2.24. The topological polar surface area (TPSA) is 107 Å². The van der Waals surface area contributed by atoms with Crippen molar-refractivity contribution in [3.8, 4) is 11.5 Å². The Balaban J connectivity index is 1.40. The average Bonchev–Trinajstić information content (AvgIpc) is 3.27. The first-order valence-electron chi connectivity index (χ1n) is 12.7. The van der Waals surface area contributed by atoms with Gasteiger partial charge in [-0.05, 0) is 42.7 Å². The van der Waals surface area contributed by atoms with Crippen LogP contribution in [0.15, 0.2) is 78.9 Å².